The third-order valence-electron chi connectivity index (χ3n) is 3.00. The second kappa shape index (κ2) is 4.09. The van der Waals surface area contributed by atoms with Crippen LogP contribution in [0, 0.1) is 5.92 Å². The standard InChI is InChI=1S/C11H13Cl2N/c12-9-6-2-5-8(10(9)13)11(14)7-3-1-4-7/h2,5-7,11H,1,3-4,14H2. The van der Waals surface area contributed by atoms with Gasteiger partial charge in [-0.2, -0.15) is 0 Å². The molecule has 76 valence electrons. The Bertz CT molecular complexity index is 334. The quantitative estimate of drug-likeness (QED) is 0.821. The number of benzene rings is 1. The fraction of sp³-hybridized carbons (Fsp3) is 0.455. The van der Waals surface area contributed by atoms with Gasteiger partial charge in [-0.15, -0.1) is 0 Å². The van der Waals surface area contributed by atoms with Crippen molar-refractivity contribution in [3.8, 4) is 0 Å². The van der Waals surface area contributed by atoms with Crippen molar-refractivity contribution < 1.29 is 0 Å². The molecule has 1 aliphatic carbocycles. The van der Waals surface area contributed by atoms with E-state index in [9.17, 15) is 0 Å². The van der Waals surface area contributed by atoms with Gasteiger partial charge in [0.2, 0.25) is 0 Å². The Hall–Kier alpha value is -0.240. The molecule has 14 heavy (non-hydrogen) atoms. The zero-order valence-electron chi connectivity index (χ0n) is 7.84. The maximum atomic E-state index is 6.13. The highest BCUT2D eigenvalue weighted by Gasteiger charge is 2.27. The second-order valence-corrected chi connectivity index (χ2v) is 4.64. The van der Waals surface area contributed by atoms with Crippen molar-refractivity contribution in [3.63, 3.8) is 0 Å². The topological polar surface area (TPSA) is 26.0 Å². The molecule has 0 saturated heterocycles. The molecule has 1 nitrogen and oxygen atoms in total. The van der Waals surface area contributed by atoms with Gasteiger partial charge in [-0.25, -0.2) is 0 Å². The van der Waals surface area contributed by atoms with Gasteiger partial charge in [-0.3, -0.25) is 0 Å². The number of halogens is 2. The Kier molecular flexibility index (Phi) is 3.01. The van der Waals surface area contributed by atoms with Gasteiger partial charge < -0.3 is 5.73 Å². The Balaban J connectivity index is 2.26. The van der Waals surface area contributed by atoms with E-state index in [2.05, 4.69) is 0 Å². The van der Waals surface area contributed by atoms with Gasteiger partial charge in [-0.05, 0) is 30.4 Å². The van der Waals surface area contributed by atoms with Gasteiger partial charge in [-0.1, -0.05) is 41.8 Å². The van der Waals surface area contributed by atoms with E-state index in [-0.39, 0.29) is 6.04 Å². The lowest BCUT2D eigenvalue weighted by Crippen LogP contribution is -2.27. The van der Waals surface area contributed by atoms with Gasteiger partial charge in [0.1, 0.15) is 0 Å². The van der Waals surface area contributed by atoms with Crippen molar-refractivity contribution in [3.05, 3.63) is 33.8 Å². The molecule has 1 aromatic carbocycles. The van der Waals surface area contributed by atoms with Crippen LogP contribution in [0.1, 0.15) is 30.9 Å². The number of nitrogens with two attached hydrogens (primary N) is 1. The molecule has 1 saturated carbocycles. The van der Waals surface area contributed by atoms with E-state index in [1.807, 2.05) is 12.1 Å². The van der Waals surface area contributed by atoms with Crippen LogP contribution >= 0.6 is 23.2 Å². The minimum Gasteiger partial charge on any atom is -0.324 e. The van der Waals surface area contributed by atoms with Crippen molar-refractivity contribution in [2.75, 3.05) is 0 Å². The summed E-state index contributed by atoms with van der Waals surface area (Å²) in [5, 5.41) is 1.22. The summed E-state index contributed by atoms with van der Waals surface area (Å²) in [5.41, 5.74) is 7.12. The molecule has 1 aliphatic rings. The molecule has 1 aromatic rings. The minimum atomic E-state index is 0.0509. The highest BCUT2D eigenvalue weighted by atomic mass is 35.5. The third kappa shape index (κ3) is 1.77. The molecule has 0 aromatic heterocycles. The van der Waals surface area contributed by atoms with Crippen molar-refractivity contribution in [2.24, 2.45) is 11.7 Å². The first-order chi connectivity index (χ1) is 6.70. The largest absolute Gasteiger partial charge is 0.324 e. The van der Waals surface area contributed by atoms with E-state index < -0.39 is 0 Å². The number of hydrogen-bond acceptors (Lipinski definition) is 1. The van der Waals surface area contributed by atoms with Crippen LogP contribution in [0.4, 0.5) is 0 Å². The van der Waals surface area contributed by atoms with Crippen LogP contribution in [-0.4, -0.2) is 0 Å². The highest BCUT2D eigenvalue weighted by molar-refractivity contribution is 6.42. The van der Waals surface area contributed by atoms with Crippen LogP contribution in [0.25, 0.3) is 0 Å². The summed E-state index contributed by atoms with van der Waals surface area (Å²) < 4.78 is 0. The van der Waals surface area contributed by atoms with Crippen LogP contribution in [0.5, 0.6) is 0 Å². The normalized spacial score (nSPS) is 19.1. The van der Waals surface area contributed by atoms with Crippen LogP contribution in [0.15, 0.2) is 18.2 Å². The lowest BCUT2D eigenvalue weighted by molar-refractivity contribution is 0.264. The Morgan fingerprint density at radius 3 is 2.57 bits per heavy atom. The van der Waals surface area contributed by atoms with Gasteiger partial charge in [0.25, 0.3) is 0 Å². The van der Waals surface area contributed by atoms with Crippen LogP contribution in [0.3, 0.4) is 0 Å². The van der Waals surface area contributed by atoms with Crippen LogP contribution in [-0.2, 0) is 0 Å². The number of hydrogen-bond donors (Lipinski definition) is 1. The third-order valence-corrected chi connectivity index (χ3v) is 3.83. The van der Waals surface area contributed by atoms with Crippen molar-refractivity contribution in [1.82, 2.24) is 0 Å². The van der Waals surface area contributed by atoms with E-state index in [1.165, 1.54) is 19.3 Å². The molecule has 2 N–H and O–H groups in total. The second-order valence-electron chi connectivity index (χ2n) is 3.86. The molecular formula is C11H13Cl2N. The monoisotopic (exact) mass is 229 g/mol. The van der Waals surface area contributed by atoms with Crippen molar-refractivity contribution in [1.29, 1.82) is 0 Å². The average Bonchev–Trinajstić information content (AvgIpc) is 2.06. The van der Waals surface area contributed by atoms with E-state index >= 15 is 0 Å². The maximum Gasteiger partial charge on any atom is 0.0640 e. The number of rotatable bonds is 2. The molecule has 1 unspecified atom stereocenters. The predicted molar refractivity (Wildman–Crippen MR) is 60.7 cm³/mol. The summed E-state index contributed by atoms with van der Waals surface area (Å²) in [4.78, 5) is 0. The Morgan fingerprint density at radius 2 is 2.00 bits per heavy atom. The molecule has 1 fully saturated rings. The van der Waals surface area contributed by atoms with E-state index in [4.69, 9.17) is 28.9 Å². The first kappa shape index (κ1) is 10.3. The van der Waals surface area contributed by atoms with E-state index in [0.717, 1.165) is 5.56 Å². The zero-order valence-corrected chi connectivity index (χ0v) is 9.35. The Morgan fingerprint density at radius 1 is 1.29 bits per heavy atom. The first-order valence-electron chi connectivity index (χ1n) is 4.89. The molecule has 0 aliphatic heterocycles. The SMILES string of the molecule is NC(c1cccc(Cl)c1Cl)C1CCC1. The van der Waals surface area contributed by atoms with Crippen molar-refractivity contribution in [2.45, 2.75) is 25.3 Å². The molecule has 3 heteroatoms. The summed E-state index contributed by atoms with van der Waals surface area (Å²) in [6.45, 7) is 0. The van der Waals surface area contributed by atoms with Gasteiger partial charge >= 0.3 is 0 Å². The fourth-order valence-electron chi connectivity index (χ4n) is 1.83. The minimum absolute atomic E-state index is 0.0509. The molecule has 0 amide bonds. The van der Waals surface area contributed by atoms with E-state index in [0.29, 0.717) is 16.0 Å². The molecule has 0 bridgehead atoms. The van der Waals surface area contributed by atoms with E-state index in [1.54, 1.807) is 6.07 Å². The first-order valence-corrected chi connectivity index (χ1v) is 5.65. The summed E-state index contributed by atoms with van der Waals surface area (Å²) in [6, 6.07) is 5.72. The highest BCUT2D eigenvalue weighted by Crippen LogP contribution is 2.39. The van der Waals surface area contributed by atoms with Crippen molar-refractivity contribution >= 4 is 23.2 Å². The summed E-state index contributed by atoms with van der Waals surface area (Å²) in [7, 11) is 0. The smallest absolute Gasteiger partial charge is 0.0640 e. The van der Waals surface area contributed by atoms with Gasteiger partial charge in [0.05, 0.1) is 10.0 Å². The Labute approximate surface area is 94.2 Å². The molecular weight excluding hydrogens is 217 g/mol. The van der Waals surface area contributed by atoms with Gasteiger partial charge in [0, 0.05) is 6.04 Å². The average molecular weight is 230 g/mol. The molecule has 0 spiro atoms. The molecule has 1 atom stereocenters. The predicted octanol–water partition coefficient (Wildman–Crippen LogP) is 3.79. The van der Waals surface area contributed by atoms with Gasteiger partial charge in [0.15, 0.2) is 0 Å². The maximum absolute atomic E-state index is 6.13. The van der Waals surface area contributed by atoms with Crippen LogP contribution in [0.2, 0.25) is 10.0 Å². The lowest BCUT2D eigenvalue weighted by Gasteiger charge is -2.32. The fourth-order valence-corrected chi connectivity index (χ4v) is 2.26. The molecule has 2 rings (SSSR count). The summed E-state index contributed by atoms with van der Waals surface area (Å²) >= 11 is 12.0. The zero-order chi connectivity index (χ0) is 10.1. The summed E-state index contributed by atoms with van der Waals surface area (Å²) in [5.74, 6) is 0.589. The molecule has 0 radical (unpaired) electrons. The molecule has 0 heterocycles. The van der Waals surface area contributed by atoms with Crippen LogP contribution < -0.4 is 5.73 Å². The summed E-state index contributed by atoms with van der Waals surface area (Å²) in [6.07, 6.45) is 3.71. The lowest BCUT2D eigenvalue weighted by atomic mass is 9.77.